The molecule has 1 aromatic heterocycles. The Morgan fingerprint density at radius 1 is 1.16 bits per heavy atom. The predicted molar refractivity (Wildman–Crippen MR) is 95.7 cm³/mol. The summed E-state index contributed by atoms with van der Waals surface area (Å²) in [6.07, 6.45) is 0. The van der Waals surface area contributed by atoms with Gasteiger partial charge in [0.1, 0.15) is 11.1 Å². The molecule has 0 bridgehead atoms. The van der Waals surface area contributed by atoms with E-state index in [1.165, 1.54) is 4.68 Å². The third-order valence-corrected chi connectivity index (χ3v) is 4.37. The molecule has 1 aromatic carbocycles. The molecule has 0 radical (unpaired) electrons. The third kappa shape index (κ3) is 3.90. The van der Waals surface area contributed by atoms with Gasteiger partial charge in [0, 0.05) is 19.0 Å². The lowest BCUT2D eigenvalue weighted by Crippen LogP contribution is -2.44. The van der Waals surface area contributed by atoms with Crippen molar-refractivity contribution in [3.8, 4) is 0 Å². The minimum Gasteiger partial charge on any atom is -0.481 e. The third-order valence-electron chi connectivity index (χ3n) is 4.37. The zero-order valence-corrected chi connectivity index (χ0v) is 15.3. The molecule has 0 aliphatic carbocycles. The van der Waals surface area contributed by atoms with Crippen LogP contribution in [0.15, 0.2) is 36.4 Å². The fraction of sp³-hybridized carbons (Fsp3) is 0.421. The van der Waals surface area contributed by atoms with Crippen LogP contribution < -0.4 is 5.32 Å². The van der Waals surface area contributed by atoms with E-state index in [0.29, 0.717) is 11.3 Å². The van der Waals surface area contributed by atoms with Gasteiger partial charge in [-0.1, -0.05) is 51.1 Å². The highest BCUT2D eigenvalue weighted by molar-refractivity contribution is 5.93. The van der Waals surface area contributed by atoms with Crippen LogP contribution in [0.25, 0.3) is 0 Å². The Hall–Kier alpha value is -2.63. The summed E-state index contributed by atoms with van der Waals surface area (Å²) in [7, 11) is 1.71. The van der Waals surface area contributed by atoms with Gasteiger partial charge in [-0.05, 0) is 18.6 Å². The van der Waals surface area contributed by atoms with Crippen molar-refractivity contribution in [1.82, 2.24) is 15.1 Å². The first kappa shape index (κ1) is 18.7. The number of carbonyl (C=O) groups is 2. The van der Waals surface area contributed by atoms with Crippen LogP contribution in [-0.2, 0) is 22.7 Å². The second-order valence-electron chi connectivity index (χ2n) is 7.47. The van der Waals surface area contributed by atoms with E-state index < -0.39 is 11.4 Å². The van der Waals surface area contributed by atoms with Gasteiger partial charge in [-0.15, -0.1) is 0 Å². The molecule has 0 saturated heterocycles. The summed E-state index contributed by atoms with van der Waals surface area (Å²) in [5.41, 5.74) is 0.483. The number of hydrogen-bond donors (Lipinski definition) is 2. The molecule has 2 aromatic rings. The lowest BCUT2D eigenvalue weighted by atomic mass is 9.82. The van der Waals surface area contributed by atoms with E-state index in [-0.39, 0.29) is 17.9 Å². The zero-order valence-electron chi connectivity index (χ0n) is 15.3. The lowest BCUT2D eigenvalue weighted by molar-refractivity contribution is -0.142. The summed E-state index contributed by atoms with van der Waals surface area (Å²) < 4.78 is 1.52. The minimum absolute atomic E-state index is 0.0127. The van der Waals surface area contributed by atoms with E-state index in [1.807, 2.05) is 26.8 Å². The van der Waals surface area contributed by atoms with Gasteiger partial charge in [-0.2, -0.15) is 5.10 Å². The van der Waals surface area contributed by atoms with Crippen LogP contribution in [0.4, 0.5) is 0 Å². The van der Waals surface area contributed by atoms with Crippen LogP contribution in [0.3, 0.4) is 0 Å². The summed E-state index contributed by atoms with van der Waals surface area (Å²) in [5.74, 6) is -1.33. The summed E-state index contributed by atoms with van der Waals surface area (Å²) in [5, 5.41) is 16.8. The Bertz CT molecular complexity index is 775. The number of nitrogens with one attached hydrogen (secondary N) is 1. The molecule has 1 heterocycles. The van der Waals surface area contributed by atoms with Crippen LogP contribution >= 0.6 is 0 Å². The molecule has 0 aliphatic rings. The average molecular weight is 343 g/mol. The van der Waals surface area contributed by atoms with Gasteiger partial charge in [-0.3, -0.25) is 14.3 Å². The van der Waals surface area contributed by atoms with Crippen molar-refractivity contribution in [3.05, 3.63) is 53.3 Å². The first-order chi connectivity index (χ1) is 11.6. The molecule has 2 N–H and O–H groups in total. The minimum atomic E-state index is -1.21. The summed E-state index contributed by atoms with van der Waals surface area (Å²) in [4.78, 5) is 24.3. The van der Waals surface area contributed by atoms with Crippen LogP contribution in [0.1, 0.15) is 49.4 Å². The Kier molecular flexibility index (Phi) is 5.02. The molecule has 0 saturated carbocycles. The molecule has 0 spiro atoms. The van der Waals surface area contributed by atoms with Gasteiger partial charge in [-0.25, -0.2) is 0 Å². The maximum absolute atomic E-state index is 12.5. The molecule has 0 fully saturated rings. The van der Waals surface area contributed by atoms with Crippen molar-refractivity contribution in [2.75, 3.05) is 6.54 Å². The van der Waals surface area contributed by atoms with Crippen molar-refractivity contribution in [2.24, 2.45) is 7.05 Å². The Morgan fingerprint density at radius 3 is 2.24 bits per heavy atom. The second-order valence-corrected chi connectivity index (χ2v) is 7.47. The summed E-state index contributed by atoms with van der Waals surface area (Å²) in [6.45, 7) is 7.66. The molecule has 6 heteroatoms. The van der Waals surface area contributed by atoms with Gasteiger partial charge in [0.2, 0.25) is 0 Å². The number of amides is 1. The SMILES string of the molecule is Cn1nc(C(C)(C)C)cc1C(=O)NCC(C)(C(=O)O)c1ccccc1. The van der Waals surface area contributed by atoms with Gasteiger partial charge in [0.25, 0.3) is 5.91 Å². The standard InChI is InChI=1S/C19H25N3O3/c1-18(2,3)15-11-14(22(5)21-15)16(23)20-12-19(4,17(24)25)13-9-7-6-8-10-13/h6-11H,12H2,1-5H3,(H,20,23)(H,24,25). The summed E-state index contributed by atoms with van der Waals surface area (Å²) in [6, 6.07) is 10.7. The maximum atomic E-state index is 12.5. The van der Waals surface area contributed by atoms with Gasteiger partial charge in [0.15, 0.2) is 0 Å². The molecular formula is C19H25N3O3. The molecule has 25 heavy (non-hydrogen) atoms. The highest BCUT2D eigenvalue weighted by atomic mass is 16.4. The second kappa shape index (κ2) is 6.70. The van der Waals surface area contributed by atoms with Crippen molar-refractivity contribution in [3.63, 3.8) is 0 Å². The molecular weight excluding hydrogens is 318 g/mol. The van der Waals surface area contributed by atoms with Gasteiger partial charge >= 0.3 is 5.97 Å². The largest absolute Gasteiger partial charge is 0.481 e. The van der Waals surface area contributed by atoms with E-state index in [0.717, 1.165) is 5.69 Å². The number of aryl methyl sites for hydroxylation is 1. The molecule has 0 aliphatic heterocycles. The number of aliphatic carboxylic acids is 1. The number of carboxylic acid groups (broad SMARTS) is 1. The normalized spacial score (nSPS) is 14.0. The van der Waals surface area contributed by atoms with Crippen molar-refractivity contribution in [2.45, 2.75) is 38.5 Å². The number of benzene rings is 1. The van der Waals surface area contributed by atoms with Crippen molar-refractivity contribution in [1.29, 1.82) is 0 Å². The van der Waals surface area contributed by atoms with Crippen LogP contribution in [0.5, 0.6) is 0 Å². The number of hydrogen-bond acceptors (Lipinski definition) is 3. The molecule has 1 unspecified atom stereocenters. The number of carbonyl (C=O) groups excluding carboxylic acids is 1. The molecule has 1 atom stereocenters. The van der Waals surface area contributed by atoms with Crippen molar-refractivity contribution < 1.29 is 14.7 Å². The van der Waals surface area contributed by atoms with Crippen molar-refractivity contribution >= 4 is 11.9 Å². The Balaban J connectivity index is 2.21. The maximum Gasteiger partial charge on any atom is 0.315 e. The first-order valence-electron chi connectivity index (χ1n) is 8.17. The molecule has 2 rings (SSSR count). The van der Waals surface area contributed by atoms with E-state index in [4.69, 9.17) is 0 Å². The molecule has 134 valence electrons. The number of aromatic nitrogens is 2. The zero-order chi connectivity index (χ0) is 18.8. The van der Waals surface area contributed by atoms with Gasteiger partial charge < -0.3 is 10.4 Å². The van der Waals surface area contributed by atoms with Crippen LogP contribution in [-0.4, -0.2) is 33.3 Å². The number of carboxylic acids is 1. The smallest absolute Gasteiger partial charge is 0.315 e. The highest BCUT2D eigenvalue weighted by Gasteiger charge is 2.36. The van der Waals surface area contributed by atoms with Gasteiger partial charge in [0.05, 0.1) is 5.69 Å². The van der Waals surface area contributed by atoms with E-state index in [1.54, 1.807) is 44.3 Å². The van der Waals surface area contributed by atoms with E-state index in [9.17, 15) is 14.7 Å². The van der Waals surface area contributed by atoms with E-state index in [2.05, 4.69) is 10.4 Å². The fourth-order valence-electron chi connectivity index (χ4n) is 2.50. The number of nitrogens with zero attached hydrogens (tertiary/aromatic N) is 2. The summed E-state index contributed by atoms with van der Waals surface area (Å²) >= 11 is 0. The predicted octanol–water partition coefficient (Wildman–Crippen LogP) is 2.49. The fourth-order valence-corrected chi connectivity index (χ4v) is 2.50. The average Bonchev–Trinajstić information content (AvgIpc) is 2.95. The highest BCUT2D eigenvalue weighted by Crippen LogP contribution is 2.24. The van der Waals surface area contributed by atoms with Crippen LogP contribution in [0.2, 0.25) is 0 Å². The number of rotatable bonds is 5. The Morgan fingerprint density at radius 2 is 1.76 bits per heavy atom. The first-order valence-corrected chi connectivity index (χ1v) is 8.17. The topological polar surface area (TPSA) is 84.2 Å². The Labute approximate surface area is 147 Å². The molecule has 1 amide bonds. The molecule has 6 nitrogen and oxygen atoms in total. The quantitative estimate of drug-likeness (QED) is 0.873. The monoisotopic (exact) mass is 343 g/mol. The van der Waals surface area contributed by atoms with Crippen LogP contribution in [0, 0.1) is 0 Å². The van der Waals surface area contributed by atoms with E-state index >= 15 is 0 Å². The lowest BCUT2D eigenvalue weighted by Gasteiger charge is -2.25.